The maximum absolute atomic E-state index is 3.64. The second-order valence-electron chi connectivity index (χ2n) is 9.83. The number of hydrogen-bond acceptors (Lipinski definition) is 9. The number of nitrogens with zero attached hydrogens (tertiary/aromatic N) is 2. The topological polar surface area (TPSA) is 78.7 Å². The smallest absolute Gasteiger partial charge is 0.0328 e. The SMILES string of the molecule is c1cc(CN2CCCNCCNCCCNCC2)sc1CN1CCCNCCNCCCNCC1. The fraction of sp³-hybridized carbons (Fsp3) is 0.846. The van der Waals surface area contributed by atoms with Crippen LogP contribution in [0.2, 0.25) is 0 Å². The predicted octanol–water partition coefficient (Wildman–Crippen LogP) is 0.477. The van der Waals surface area contributed by atoms with E-state index < -0.39 is 0 Å². The number of nitrogens with one attached hydrogen (secondary N) is 6. The van der Waals surface area contributed by atoms with Crippen molar-refractivity contribution in [1.29, 1.82) is 0 Å². The second kappa shape index (κ2) is 19.5. The average Bonchev–Trinajstić information content (AvgIpc) is 3.30. The van der Waals surface area contributed by atoms with Gasteiger partial charge in [0.15, 0.2) is 0 Å². The molecule has 35 heavy (non-hydrogen) atoms. The van der Waals surface area contributed by atoms with Crippen LogP contribution in [-0.2, 0) is 13.1 Å². The van der Waals surface area contributed by atoms with Crippen LogP contribution in [0, 0.1) is 0 Å². The minimum atomic E-state index is 1.07. The summed E-state index contributed by atoms with van der Waals surface area (Å²) in [5.74, 6) is 0. The van der Waals surface area contributed by atoms with Crippen molar-refractivity contribution in [3.8, 4) is 0 Å². The van der Waals surface area contributed by atoms with Gasteiger partial charge in [-0.25, -0.2) is 0 Å². The van der Waals surface area contributed by atoms with Gasteiger partial charge in [0, 0.05) is 75.2 Å². The predicted molar refractivity (Wildman–Crippen MR) is 151 cm³/mol. The first-order valence-electron chi connectivity index (χ1n) is 14.2. The first-order chi connectivity index (χ1) is 17.4. The molecule has 0 atom stereocenters. The molecule has 2 saturated heterocycles. The van der Waals surface area contributed by atoms with Crippen molar-refractivity contribution >= 4 is 11.3 Å². The van der Waals surface area contributed by atoms with Gasteiger partial charge in [0.1, 0.15) is 0 Å². The maximum Gasteiger partial charge on any atom is 0.0328 e. The highest BCUT2D eigenvalue weighted by Crippen LogP contribution is 2.20. The van der Waals surface area contributed by atoms with E-state index in [2.05, 4.69) is 53.8 Å². The Morgan fingerprint density at radius 1 is 0.457 bits per heavy atom. The molecular formula is C26H52N8S. The van der Waals surface area contributed by atoms with E-state index in [9.17, 15) is 0 Å². The highest BCUT2D eigenvalue weighted by Gasteiger charge is 2.11. The molecule has 0 saturated carbocycles. The maximum atomic E-state index is 3.64. The van der Waals surface area contributed by atoms with Crippen LogP contribution in [0.1, 0.15) is 35.4 Å². The summed E-state index contributed by atoms with van der Waals surface area (Å²) >= 11 is 2.02. The van der Waals surface area contributed by atoms with E-state index in [0.717, 1.165) is 118 Å². The summed E-state index contributed by atoms with van der Waals surface area (Å²) in [5.41, 5.74) is 0. The van der Waals surface area contributed by atoms with E-state index in [1.807, 2.05) is 11.3 Å². The first-order valence-corrected chi connectivity index (χ1v) is 15.0. The summed E-state index contributed by atoms with van der Waals surface area (Å²) in [4.78, 5) is 8.29. The summed E-state index contributed by atoms with van der Waals surface area (Å²) in [6, 6.07) is 4.75. The largest absolute Gasteiger partial charge is 0.315 e. The second-order valence-corrected chi connectivity index (χ2v) is 11.1. The van der Waals surface area contributed by atoms with Crippen molar-refractivity contribution in [2.24, 2.45) is 0 Å². The van der Waals surface area contributed by atoms with Gasteiger partial charge in [-0.05, 0) is 90.2 Å². The monoisotopic (exact) mass is 508 g/mol. The van der Waals surface area contributed by atoms with Crippen molar-refractivity contribution in [1.82, 2.24) is 41.7 Å². The lowest BCUT2D eigenvalue weighted by Crippen LogP contribution is -2.36. The molecule has 0 radical (unpaired) electrons. The Kier molecular flexibility index (Phi) is 16.1. The van der Waals surface area contributed by atoms with Crippen LogP contribution >= 0.6 is 11.3 Å². The van der Waals surface area contributed by atoms with Crippen LogP contribution in [0.25, 0.3) is 0 Å². The zero-order valence-electron chi connectivity index (χ0n) is 22.0. The highest BCUT2D eigenvalue weighted by molar-refractivity contribution is 7.11. The lowest BCUT2D eigenvalue weighted by molar-refractivity contribution is 0.261. The summed E-state index contributed by atoms with van der Waals surface area (Å²) in [5, 5.41) is 21.5. The van der Waals surface area contributed by atoms with Crippen molar-refractivity contribution in [2.75, 3.05) is 105 Å². The average molecular weight is 509 g/mol. The molecule has 0 aliphatic carbocycles. The normalized spacial score (nSPS) is 23.3. The van der Waals surface area contributed by atoms with Crippen LogP contribution < -0.4 is 31.9 Å². The van der Waals surface area contributed by atoms with Gasteiger partial charge >= 0.3 is 0 Å². The van der Waals surface area contributed by atoms with Crippen molar-refractivity contribution in [2.45, 2.75) is 38.8 Å². The van der Waals surface area contributed by atoms with Crippen LogP contribution in [0.15, 0.2) is 12.1 Å². The van der Waals surface area contributed by atoms with Gasteiger partial charge in [0.05, 0.1) is 0 Å². The summed E-state index contributed by atoms with van der Waals surface area (Å²) in [6.07, 6.45) is 4.83. The Morgan fingerprint density at radius 2 is 0.829 bits per heavy atom. The Morgan fingerprint density at radius 3 is 1.26 bits per heavy atom. The molecule has 2 aliphatic heterocycles. The molecule has 0 amide bonds. The minimum Gasteiger partial charge on any atom is -0.315 e. The van der Waals surface area contributed by atoms with E-state index in [4.69, 9.17) is 0 Å². The molecule has 1 aromatic rings. The highest BCUT2D eigenvalue weighted by atomic mass is 32.1. The van der Waals surface area contributed by atoms with Gasteiger partial charge in [-0.3, -0.25) is 9.80 Å². The molecule has 1 aromatic heterocycles. The number of thiophene rings is 1. The van der Waals surface area contributed by atoms with Gasteiger partial charge in [-0.15, -0.1) is 11.3 Å². The number of hydrogen-bond donors (Lipinski definition) is 6. The van der Waals surface area contributed by atoms with E-state index in [-0.39, 0.29) is 0 Å². The molecule has 8 nitrogen and oxygen atoms in total. The lowest BCUT2D eigenvalue weighted by atomic mass is 10.3. The van der Waals surface area contributed by atoms with E-state index in [1.165, 1.54) is 35.4 Å². The van der Waals surface area contributed by atoms with Gasteiger partial charge in [-0.2, -0.15) is 0 Å². The molecule has 3 rings (SSSR count). The number of rotatable bonds is 4. The van der Waals surface area contributed by atoms with Crippen LogP contribution in [0.5, 0.6) is 0 Å². The van der Waals surface area contributed by atoms with E-state index >= 15 is 0 Å². The van der Waals surface area contributed by atoms with E-state index in [0.29, 0.717) is 0 Å². The van der Waals surface area contributed by atoms with Gasteiger partial charge in [-0.1, -0.05) is 0 Å². The third-order valence-electron chi connectivity index (χ3n) is 6.71. The zero-order chi connectivity index (χ0) is 24.2. The summed E-state index contributed by atoms with van der Waals surface area (Å²) < 4.78 is 0. The molecule has 2 aliphatic rings. The quantitative estimate of drug-likeness (QED) is 0.351. The Labute approximate surface area is 218 Å². The fourth-order valence-corrected chi connectivity index (χ4v) is 5.79. The molecule has 2 fully saturated rings. The van der Waals surface area contributed by atoms with Gasteiger partial charge < -0.3 is 31.9 Å². The molecule has 0 aromatic carbocycles. The van der Waals surface area contributed by atoms with Crippen molar-refractivity contribution in [3.63, 3.8) is 0 Å². The van der Waals surface area contributed by atoms with Gasteiger partial charge in [0.25, 0.3) is 0 Å². The Balaban J connectivity index is 1.45. The van der Waals surface area contributed by atoms with Gasteiger partial charge in [0.2, 0.25) is 0 Å². The molecule has 3 heterocycles. The fourth-order valence-electron chi connectivity index (χ4n) is 4.68. The lowest BCUT2D eigenvalue weighted by Gasteiger charge is -2.23. The van der Waals surface area contributed by atoms with E-state index in [1.54, 1.807) is 0 Å². The zero-order valence-corrected chi connectivity index (χ0v) is 22.8. The molecule has 0 bridgehead atoms. The molecule has 202 valence electrons. The Hall–Kier alpha value is -0.620. The van der Waals surface area contributed by atoms with Crippen LogP contribution in [-0.4, -0.2) is 115 Å². The van der Waals surface area contributed by atoms with Crippen LogP contribution in [0.3, 0.4) is 0 Å². The summed E-state index contributed by atoms with van der Waals surface area (Å²) in [6.45, 7) is 19.8. The minimum absolute atomic E-state index is 1.07. The summed E-state index contributed by atoms with van der Waals surface area (Å²) in [7, 11) is 0. The first kappa shape index (κ1) is 28.9. The molecule has 0 unspecified atom stereocenters. The molecule has 9 heteroatoms. The third kappa shape index (κ3) is 14.0. The standard InChI is InChI=1S/C26H52N8S/c1-7-27-13-15-29-11-3-19-33(21-17-31-9-1)23-25-5-6-26(35-25)24-34-20-4-12-30-16-14-28-8-2-10-32-18-22-34/h5-6,27-32H,1-4,7-24H2. The molecule has 6 N–H and O–H groups in total. The molecular weight excluding hydrogens is 456 g/mol. The Bertz CT molecular complexity index is 550. The third-order valence-corrected chi connectivity index (χ3v) is 7.77. The van der Waals surface area contributed by atoms with Crippen molar-refractivity contribution < 1.29 is 0 Å². The van der Waals surface area contributed by atoms with Crippen LogP contribution in [0.4, 0.5) is 0 Å². The molecule has 0 spiro atoms. The van der Waals surface area contributed by atoms with Crippen molar-refractivity contribution in [3.05, 3.63) is 21.9 Å².